The van der Waals surface area contributed by atoms with Gasteiger partial charge in [0.05, 0.1) is 22.5 Å². The van der Waals surface area contributed by atoms with Gasteiger partial charge in [-0.05, 0) is 18.2 Å². The fraction of sp³-hybridized carbons (Fsp3) is 0.286. The molecule has 1 fully saturated rings. The highest BCUT2D eigenvalue weighted by Crippen LogP contribution is 2.31. The summed E-state index contributed by atoms with van der Waals surface area (Å²) in [6.45, 7) is 0.635. The van der Waals surface area contributed by atoms with E-state index in [9.17, 15) is 23.3 Å². The van der Waals surface area contributed by atoms with Gasteiger partial charge in [-0.25, -0.2) is 8.42 Å². The Morgan fingerprint density at radius 3 is 2.44 bits per heavy atom. The van der Waals surface area contributed by atoms with Crippen LogP contribution in [0.15, 0.2) is 53.6 Å². The Morgan fingerprint density at radius 1 is 1.09 bits per heavy atom. The van der Waals surface area contributed by atoms with Crippen LogP contribution >= 0.6 is 0 Å². The van der Waals surface area contributed by atoms with E-state index in [-0.39, 0.29) is 42.7 Å². The van der Waals surface area contributed by atoms with E-state index in [0.29, 0.717) is 5.56 Å². The number of aromatic nitrogens is 1. The van der Waals surface area contributed by atoms with Crippen LogP contribution in [-0.4, -0.2) is 66.3 Å². The van der Waals surface area contributed by atoms with Gasteiger partial charge in [0.15, 0.2) is 5.75 Å². The van der Waals surface area contributed by atoms with Gasteiger partial charge in [-0.15, -0.1) is 0 Å². The quantitative estimate of drug-likeness (QED) is 0.428. The van der Waals surface area contributed by atoms with E-state index in [4.69, 9.17) is 4.74 Å². The smallest absolute Gasteiger partial charge is 0.312 e. The Balaban J connectivity index is 1.52. The lowest BCUT2D eigenvalue weighted by Crippen LogP contribution is -2.50. The number of sulfonamides is 1. The average Bonchev–Trinajstić information content (AvgIpc) is 3.14. The molecular formula is C21H22N4O6S. The Kier molecular flexibility index (Phi) is 5.61. The molecule has 3 aromatic rings. The maximum atomic E-state index is 13.1. The number of rotatable bonds is 5. The van der Waals surface area contributed by atoms with Crippen LogP contribution in [0.25, 0.3) is 10.9 Å². The Bertz CT molecular complexity index is 1310. The molecule has 0 bridgehead atoms. The fourth-order valence-electron chi connectivity index (χ4n) is 3.94. The van der Waals surface area contributed by atoms with Crippen molar-refractivity contribution < 1.29 is 22.9 Å². The van der Waals surface area contributed by atoms with Crippen molar-refractivity contribution in [1.82, 2.24) is 13.8 Å². The summed E-state index contributed by atoms with van der Waals surface area (Å²) in [5.41, 5.74) is 1.10. The molecule has 1 amide bonds. The molecule has 0 unspecified atom stereocenters. The highest BCUT2D eigenvalue weighted by atomic mass is 32.2. The predicted molar refractivity (Wildman–Crippen MR) is 117 cm³/mol. The minimum absolute atomic E-state index is 0.0144. The molecule has 168 valence electrons. The molecule has 1 aliphatic heterocycles. The first-order chi connectivity index (χ1) is 15.2. The second kappa shape index (κ2) is 8.24. The van der Waals surface area contributed by atoms with Gasteiger partial charge in [0.2, 0.25) is 10.0 Å². The SMILES string of the molecule is COc1ccc(S(=O)(=O)N2CCN(C(=O)c3cn(C)c4ccccc34)CC2)cc1[N+](=O)[O-]. The standard InChI is InChI=1S/C21H22N4O6S/c1-22-14-17(16-5-3-4-6-18(16)22)21(26)23-9-11-24(12-10-23)32(29,30)15-7-8-20(31-2)19(13-15)25(27)28/h3-8,13-14H,9-12H2,1-2H3. The number of para-hydroxylation sites is 1. The van der Waals surface area contributed by atoms with Gasteiger partial charge in [0, 0.05) is 56.4 Å². The van der Waals surface area contributed by atoms with Crippen LogP contribution in [0, 0.1) is 10.1 Å². The first-order valence-electron chi connectivity index (χ1n) is 9.90. The number of aryl methyl sites for hydroxylation is 1. The van der Waals surface area contributed by atoms with E-state index >= 15 is 0 Å². The summed E-state index contributed by atoms with van der Waals surface area (Å²) >= 11 is 0. The van der Waals surface area contributed by atoms with Gasteiger partial charge in [0.1, 0.15) is 0 Å². The third kappa shape index (κ3) is 3.69. The van der Waals surface area contributed by atoms with Crippen molar-refractivity contribution in [2.45, 2.75) is 4.90 Å². The van der Waals surface area contributed by atoms with E-state index in [0.717, 1.165) is 17.0 Å². The van der Waals surface area contributed by atoms with Crippen molar-refractivity contribution >= 4 is 32.5 Å². The number of nitro groups is 1. The molecule has 0 atom stereocenters. The maximum Gasteiger partial charge on any atom is 0.312 e. The lowest BCUT2D eigenvalue weighted by molar-refractivity contribution is -0.386. The van der Waals surface area contributed by atoms with Crippen LogP contribution in [0.4, 0.5) is 5.69 Å². The number of fused-ring (bicyclic) bond motifs is 1. The van der Waals surface area contributed by atoms with Crippen LogP contribution in [0.3, 0.4) is 0 Å². The molecule has 4 rings (SSSR count). The number of hydrogen-bond acceptors (Lipinski definition) is 6. The van der Waals surface area contributed by atoms with Gasteiger partial charge in [-0.3, -0.25) is 14.9 Å². The molecule has 32 heavy (non-hydrogen) atoms. The molecule has 1 aliphatic rings. The van der Waals surface area contributed by atoms with Crippen molar-refractivity contribution in [2.75, 3.05) is 33.3 Å². The summed E-state index contributed by atoms with van der Waals surface area (Å²) < 4.78 is 34.2. The van der Waals surface area contributed by atoms with Crippen molar-refractivity contribution in [3.8, 4) is 5.75 Å². The van der Waals surface area contributed by atoms with Crippen molar-refractivity contribution in [3.63, 3.8) is 0 Å². The zero-order chi connectivity index (χ0) is 23.0. The van der Waals surface area contributed by atoms with E-state index in [1.165, 1.54) is 23.5 Å². The molecule has 0 saturated carbocycles. The molecule has 0 aliphatic carbocycles. The zero-order valence-corrected chi connectivity index (χ0v) is 18.4. The minimum atomic E-state index is -3.96. The molecule has 0 radical (unpaired) electrons. The van der Waals surface area contributed by atoms with Crippen molar-refractivity contribution in [1.29, 1.82) is 0 Å². The topological polar surface area (TPSA) is 115 Å². The molecule has 0 N–H and O–H groups in total. The summed E-state index contributed by atoms with van der Waals surface area (Å²) in [7, 11) is -0.803. The number of piperazine rings is 1. The number of amides is 1. The summed E-state index contributed by atoms with van der Waals surface area (Å²) in [5.74, 6) is -0.168. The number of nitrogens with zero attached hydrogens (tertiary/aromatic N) is 4. The van der Waals surface area contributed by atoms with Gasteiger partial charge < -0.3 is 14.2 Å². The third-order valence-corrected chi connectivity index (χ3v) is 7.53. The van der Waals surface area contributed by atoms with Crippen LogP contribution in [0.5, 0.6) is 5.75 Å². The van der Waals surface area contributed by atoms with E-state index < -0.39 is 20.6 Å². The minimum Gasteiger partial charge on any atom is -0.490 e. The summed E-state index contributed by atoms with van der Waals surface area (Å²) in [6, 6.07) is 11.2. The summed E-state index contributed by atoms with van der Waals surface area (Å²) in [4.78, 5) is 25.1. The van der Waals surface area contributed by atoms with Crippen LogP contribution in [0.1, 0.15) is 10.4 Å². The largest absolute Gasteiger partial charge is 0.490 e. The lowest BCUT2D eigenvalue weighted by atomic mass is 10.1. The molecule has 1 saturated heterocycles. The van der Waals surface area contributed by atoms with E-state index in [2.05, 4.69) is 0 Å². The van der Waals surface area contributed by atoms with Gasteiger partial charge >= 0.3 is 5.69 Å². The number of hydrogen-bond donors (Lipinski definition) is 0. The number of benzene rings is 2. The average molecular weight is 458 g/mol. The van der Waals surface area contributed by atoms with Crippen molar-refractivity contribution in [3.05, 3.63) is 64.3 Å². The number of carbonyl (C=O) groups excluding carboxylic acids is 1. The first-order valence-corrected chi connectivity index (χ1v) is 11.3. The maximum absolute atomic E-state index is 13.1. The van der Waals surface area contributed by atoms with E-state index in [1.54, 1.807) is 11.1 Å². The van der Waals surface area contributed by atoms with Crippen molar-refractivity contribution in [2.24, 2.45) is 7.05 Å². The summed E-state index contributed by atoms with van der Waals surface area (Å²) in [5, 5.41) is 12.1. The fourth-order valence-corrected chi connectivity index (χ4v) is 5.38. The number of ether oxygens (including phenoxy) is 1. The Labute approximate surface area is 184 Å². The molecule has 0 spiro atoms. The molecule has 11 heteroatoms. The summed E-state index contributed by atoms with van der Waals surface area (Å²) in [6.07, 6.45) is 1.78. The third-order valence-electron chi connectivity index (χ3n) is 5.64. The second-order valence-electron chi connectivity index (χ2n) is 7.46. The zero-order valence-electron chi connectivity index (χ0n) is 17.6. The molecule has 2 aromatic carbocycles. The molecule has 10 nitrogen and oxygen atoms in total. The Hall–Kier alpha value is -3.44. The number of methoxy groups -OCH3 is 1. The predicted octanol–water partition coefficient (Wildman–Crippen LogP) is 2.24. The molecule has 2 heterocycles. The van der Waals surface area contributed by atoms with Gasteiger partial charge in [-0.1, -0.05) is 18.2 Å². The highest BCUT2D eigenvalue weighted by molar-refractivity contribution is 7.89. The lowest BCUT2D eigenvalue weighted by Gasteiger charge is -2.34. The van der Waals surface area contributed by atoms with Gasteiger partial charge in [-0.2, -0.15) is 4.31 Å². The van der Waals surface area contributed by atoms with Crippen LogP contribution < -0.4 is 4.74 Å². The normalized spacial score (nSPS) is 15.1. The monoisotopic (exact) mass is 458 g/mol. The first kappa shape index (κ1) is 21.8. The van der Waals surface area contributed by atoms with Gasteiger partial charge in [0.25, 0.3) is 5.91 Å². The van der Waals surface area contributed by atoms with E-state index in [1.807, 2.05) is 35.9 Å². The number of nitro benzene ring substituents is 1. The number of carbonyl (C=O) groups is 1. The Morgan fingerprint density at radius 2 is 1.78 bits per heavy atom. The highest BCUT2D eigenvalue weighted by Gasteiger charge is 2.32. The molecule has 1 aromatic heterocycles. The van der Waals surface area contributed by atoms with Crippen LogP contribution in [-0.2, 0) is 17.1 Å². The second-order valence-corrected chi connectivity index (χ2v) is 9.40. The van der Waals surface area contributed by atoms with Crippen LogP contribution in [0.2, 0.25) is 0 Å². The molecular weight excluding hydrogens is 436 g/mol.